The smallest absolute Gasteiger partial charge is 0.226 e. The molecule has 0 unspecified atom stereocenters. The molecule has 0 amide bonds. The van der Waals surface area contributed by atoms with Gasteiger partial charge in [-0.2, -0.15) is 0 Å². The molecule has 4 aromatic heterocycles. The Kier molecular flexibility index (Phi) is 7.02. The van der Waals surface area contributed by atoms with Gasteiger partial charge in [0.05, 0.1) is 24.0 Å². The molecule has 5 rings (SSSR count). The van der Waals surface area contributed by atoms with Gasteiger partial charge in [-0.3, -0.25) is 9.20 Å². The molecular formula is C28H33N7O2S. The standard InChI is InChI=1S/C28H33N7O2S/c1-28(2,3)24-15-20(32-37-24)14-21(36)13-18-7-9-19(10-8-18)22-17-35-23-16-29-26(34(6)12-11-33(4)5)31-25(23)38-27(35)30-22/h7-10,15-17H,11-14H2,1-6H3. The molecule has 38 heavy (non-hydrogen) atoms. The van der Waals surface area contributed by atoms with Gasteiger partial charge in [-0.05, 0) is 19.7 Å². The average Bonchev–Trinajstić information content (AvgIpc) is 3.57. The van der Waals surface area contributed by atoms with Crippen molar-refractivity contribution in [3.05, 3.63) is 59.7 Å². The molecule has 0 fully saturated rings. The second-order valence-electron chi connectivity index (χ2n) is 11.0. The summed E-state index contributed by atoms with van der Waals surface area (Å²) in [6.45, 7) is 7.96. The molecule has 10 heteroatoms. The van der Waals surface area contributed by atoms with Crippen molar-refractivity contribution in [3.8, 4) is 11.3 Å². The Balaban J connectivity index is 1.26. The minimum absolute atomic E-state index is 0.104. The van der Waals surface area contributed by atoms with Crippen molar-refractivity contribution in [2.75, 3.05) is 39.1 Å². The minimum Gasteiger partial charge on any atom is -0.361 e. The summed E-state index contributed by atoms with van der Waals surface area (Å²) in [6, 6.07) is 9.88. The van der Waals surface area contributed by atoms with Crippen LogP contribution >= 0.6 is 11.3 Å². The number of Topliss-reactive ketones (excluding diaryl/α,β-unsaturated/α-hetero) is 1. The number of carbonyl (C=O) groups is 1. The number of hydrogen-bond acceptors (Lipinski definition) is 9. The molecule has 0 aliphatic heterocycles. The lowest BCUT2D eigenvalue weighted by Gasteiger charge is -2.19. The van der Waals surface area contributed by atoms with E-state index in [9.17, 15) is 4.79 Å². The lowest BCUT2D eigenvalue weighted by atomic mass is 9.93. The minimum atomic E-state index is -0.128. The summed E-state index contributed by atoms with van der Waals surface area (Å²) in [7, 11) is 6.12. The first-order valence-electron chi connectivity index (χ1n) is 12.6. The SMILES string of the molecule is CN(C)CCN(C)c1ncc2c(n1)sc1nc(-c3ccc(CC(=O)Cc4cc(C(C)(C)C)on4)cc3)cn12. The van der Waals surface area contributed by atoms with Crippen molar-refractivity contribution in [3.63, 3.8) is 0 Å². The highest BCUT2D eigenvalue weighted by Crippen LogP contribution is 2.29. The number of nitrogens with zero attached hydrogens (tertiary/aromatic N) is 7. The lowest BCUT2D eigenvalue weighted by molar-refractivity contribution is -0.117. The van der Waals surface area contributed by atoms with Gasteiger partial charge in [0.2, 0.25) is 5.95 Å². The number of carbonyl (C=O) groups excluding carboxylic acids is 1. The molecule has 0 N–H and O–H groups in total. The second kappa shape index (κ2) is 10.3. The van der Waals surface area contributed by atoms with Crippen molar-refractivity contribution in [1.29, 1.82) is 0 Å². The number of anilines is 1. The fourth-order valence-corrected chi connectivity index (χ4v) is 5.04. The van der Waals surface area contributed by atoms with Crippen LogP contribution in [0.5, 0.6) is 0 Å². The normalized spacial score (nSPS) is 12.2. The lowest BCUT2D eigenvalue weighted by Crippen LogP contribution is -2.29. The average molecular weight is 532 g/mol. The fourth-order valence-electron chi connectivity index (χ4n) is 4.09. The molecule has 4 heterocycles. The molecule has 0 aliphatic rings. The van der Waals surface area contributed by atoms with Crippen LogP contribution in [0, 0.1) is 0 Å². The zero-order valence-electron chi connectivity index (χ0n) is 22.7. The van der Waals surface area contributed by atoms with Gasteiger partial charge < -0.3 is 14.3 Å². The monoisotopic (exact) mass is 531 g/mol. The van der Waals surface area contributed by atoms with Crippen LogP contribution in [-0.2, 0) is 23.1 Å². The maximum absolute atomic E-state index is 12.6. The third-order valence-corrected chi connectivity index (χ3v) is 7.36. The van der Waals surface area contributed by atoms with Crippen molar-refractivity contribution in [2.45, 2.75) is 39.0 Å². The predicted molar refractivity (Wildman–Crippen MR) is 151 cm³/mol. The Morgan fingerprint density at radius 3 is 2.50 bits per heavy atom. The largest absolute Gasteiger partial charge is 0.361 e. The number of ketones is 1. The van der Waals surface area contributed by atoms with E-state index in [1.807, 2.05) is 54.2 Å². The number of aromatic nitrogens is 5. The third-order valence-electron chi connectivity index (χ3n) is 6.40. The van der Waals surface area contributed by atoms with Crippen molar-refractivity contribution in [1.82, 2.24) is 29.4 Å². The molecule has 1 aromatic carbocycles. The Hall–Kier alpha value is -3.63. The van der Waals surface area contributed by atoms with E-state index in [0.717, 1.165) is 51.0 Å². The first-order chi connectivity index (χ1) is 18.1. The molecule has 0 saturated carbocycles. The number of hydrogen-bond donors (Lipinski definition) is 0. The van der Waals surface area contributed by atoms with Crippen LogP contribution < -0.4 is 4.90 Å². The summed E-state index contributed by atoms with van der Waals surface area (Å²) in [4.78, 5) is 32.8. The number of thiazole rings is 1. The quantitative estimate of drug-likeness (QED) is 0.272. The van der Waals surface area contributed by atoms with Gasteiger partial charge in [0.25, 0.3) is 0 Å². The zero-order valence-corrected chi connectivity index (χ0v) is 23.5. The van der Waals surface area contributed by atoms with Crippen molar-refractivity contribution < 1.29 is 9.32 Å². The van der Waals surface area contributed by atoms with Gasteiger partial charge in [0.1, 0.15) is 21.9 Å². The highest BCUT2D eigenvalue weighted by molar-refractivity contribution is 7.23. The predicted octanol–water partition coefficient (Wildman–Crippen LogP) is 4.64. The highest BCUT2D eigenvalue weighted by Gasteiger charge is 2.20. The highest BCUT2D eigenvalue weighted by atomic mass is 32.1. The van der Waals surface area contributed by atoms with Gasteiger partial charge in [-0.15, -0.1) is 0 Å². The topological polar surface area (TPSA) is 92.7 Å². The van der Waals surface area contributed by atoms with Gasteiger partial charge in [0, 0.05) is 49.8 Å². The Morgan fingerprint density at radius 2 is 1.82 bits per heavy atom. The molecule has 0 bridgehead atoms. The molecule has 9 nitrogen and oxygen atoms in total. The van der Waals surface area contributed by atoms with Crippen LogP contribution in [0.3, 0.4) is 0 Å². The molecule has 0 saturated heterocycles. The maximum atomic E-state index is 12.6. The van der Waals surface area contributed by atoms with E-state index in [1.165, 1.54) is 0 Å². The van der Waals surface area contributed by atoms with Crippen LogP contribution in [0.15, 0.2) is 47.2 Å². The van der Waals surface area contributed by atoms with E-state index in [-0.39, 0.29) is 17.6 Å². The summed E-state index contributed by atoms with van der Waals surface area (Å²) >= 11 is 1.55. The van der Waals surface area contributed by atoms with E-state index in [0.29, 0.717) is 18.1 Å². The van der Waals surface area contributed by atoms with E-state index < -0.39 is 0 Å². The molecule has 0 spiro atoms. The second-order valence-corrected chi connectivity index (χ2v) is 11.9. The Labute approximate surface area is 226 Å². The van der Waals surface area contributed by atoms with Crippen LogP contribution in [0.25, 0.3) is 26.6 Å². The molecule has 0 radical (unpaired) electrons. The summed E-state index contributed by atoms with van der Waals surface area (Å²) in [5.41, 5.74) is 4.33. The van der Waals surface area contributed by atoms with Crippen molar-refractivity contribution in [2.24, 2.45) is 0 Å². The maximum Gasteiger partial charge on any atom is 0.226 e. The number of rotatable bonds is 9. The summed E-state index contributed by atoms with van der Waals surface area (Å²) in [6.07, 6.45) is 4.50. The first-order valence-corrected chi connectivity index (χ1v) is 13.5. The third kappa shape index (κ3) is 5.61. The molecule has 5 aromatic rings. The Morgan fingerprint density at radius 1 is 1.05 bits per heavy atom. The number of likely N-dealkylation sites (N-methyl/N-ethyl adjacent to an activating group) is 2. The summed E-state index contributed by atoms with van der Waals surface area (Å²) in [5.74, 6) is 1.61. The van der Waals surface area contributed by atoms with E-state index in [2.05, 4.69) is 54.8 Å². The van der Waals surface area contributed by atoms with Crippen molar-refractivity contribution >= 4 is 38.4 Å². The van der Waals surface area contributed by atoms with E-state index >= 15 is 0 Å². The number of imidazole rings is 1. The van der Waals surface area contributed by atoms with Crippen LogP contribution in [0.2, 0.25) is 0 Å². The molecule has 0 atom stereocenters. The summed E-state index contributed by atoms with van der Waals surface area (Å²) in [5, 5.41) is 4.06. The fraction of sp³-hybridized carbons (Fsp3) is 0.393. The Bertz CT molecular complexity index is 1570. The van der Waals surface area contributed by atoms with Gasteiger partial charge >= 0.3 is 0 Å². The van der Waals surface area contributed by atoms with Gasteiger partial charge in [-0.25, -0.2) is 15.0 Å². The van der Waals surface area contributed by atoms with E-state index in [4.69, 9.17) is 14.5 Å². The number of fused-ring (bicyclic) bond motifs is 3. The molecule has 0 aliphatic carbocycles. The van der Waals surface area contributed by atoms with Crippen LogP contribution in [0.4, 0.5) is 5.95 Å². The molecular weight excluding hydrogens is 498 g/mol. The number of benzene rings is 1. The zero-order chi connectivity index (χ0) is 27.0. The van der Waals surface area contributed by atoms with Gasteiger partial charge in [0.15, 0.2) is 4.96 Å². The van der Waals surface area contributed by atoms with Gasteiger partial charge in [-0.1, -0.05) is 61.5 Å². The molecule has 198 valence electrons. The van der Waals surface area contributed by atoms with E-state index in [1.54, 1.807) is 11.3 Å². The van der Waals surface area contributed by atoms with Crippen LogP contribution in [-0.4, -0.2) is 69.4 Å². The summed E-state index contributed by atoms with van der Waals surface area (Å²) < 4.78 is 7.44. The first kappa shape index (κ1) is 26.0. The van der Waals surface area contributed by atoms with Crippen LogP contribution in [0.1, 0.15) is 37.8 Å².